The molecule has 0 unspecified atom stereocenters. The Hall–Kier alpha value is -4.82. The molecule has 0 saturated carbocycles. The summed E-state index contributed by atoms with van der Waals surface area (Å²) in [5, 5.41) is 5.28. The molecule has 0 atom stereocenters. The van der Waals surface area contributed by atoms with Crippen molar-refractivity contribution in [3.8, 4) is 28.1 Å². The number of aryl methyl sites for hydroxylation is 2. The number of hydrogen-bond donors (Lipinski definition) is 0. The predicted molar refractivity (Wildman–Crippen MR) is 155 cm³/mol. The van der Waals surface area contributed by atoms with Crippen LogP contribution in [0.4, 0.5) is 0 Å². The SMILES string of the molecule is CCOC(=O)c1nn(-c2ccc(Cl)cc2)c2nc3nc(-c4ccc(C)cc4)cc(-c4ccc(C)cc4)c3c(=O)n12. The second-order valence-electron chi connectivity index (χ2n) is 9.47. The van der Waals surface area contributed by atoms with E-state index in [2.05, 4.69) is 5.10 Å². The van der Waals surface area contributed by atoms with Gasteiger partial charge >= 0.3 is 5.97 Å². The van der Waals surface area contributed by atoms with Gasteiger partial charge in [0.15, 0.2) is 5.65 Å². The Kier molecular flexibility index (Phi) is 6.40. The lowest BCUT2D eigenvalue weighted by Crippen LogP contribution is -2.21. The zero-order chi connectivity index (χ0) is 28.0. The van der Waals surface area contributed by atoms with E-state index in [1.807, 2.05) is 68.4 Å². The molecule has 198 valence electrons. The summed E-state index contributed by atoms with van der Waals surface area (Å²) in [5.74, 6) is -0.778. The third-order valence-electron chi connectivity index (χ3n) is 6.66. The standard InChI is InChI=1S/C31H24ClN5O3/c1-4-40-30(39)28-35-37(23-15-13-22(32)14-16-23)31-34-27-26(29(38)36(28)31)24(20-9-5-18(2)6-10-20)17-25(33-27)21-11-7-19(3)8-12-21/h5-17H,4H2,1-3H3. The van der Waals surface area contributed by atoms with Crippen molar-refractivity contribution in [1.82, 2.24) is 24.1 Å². The normalized spacial score (nSPS) is 11.3. The van der Waals surface area contributed by atoms with Crippen LogP contribution in [0, 0.1) is 13.8 Å². The first-order chi connectivity index (χ1) is 19.3. The summed E-state index contributed by atoms with van der Waals surface area (Å²) in [4.78, 5) is 36.9. The first kappa shape index (κ1) is 25.5. The molecule has 0 saturated heterocycles. The van der Waals surface area contributed by atoms with Gasteiger partial charge in [0.25, 0.3) is 5.56 Å². The molecule has 0 amide bonds. The smallest absolute Gasteiger partial charge is 0.376 e. The van der Waals surface area contributed by atoms with E-state index in [9.17, 15) is 9.59 Å². The number of rotatable bonds is 5. The molecule has 0 bridgehead atoms. The highest BCUT2D eigenvalue weighted by Gasteiger charge is 2.25. The van der Waals surface area contributed by atoms with E-state index in [4.69, 9.17) is 26.3 Å². The topological polar surface area (TPSA) is 91.4 Å². The van der Waals surface area contributed by atoms with Crippen molar-refractivity contribution in [2.24, 2.45) is 0 Å². The molecule has 0 aliphatic carbocycles. The largest absolute Gasteiger partial charge is 0.460 e. The second kappa shape index (κ2) is 10.1. The number of nitrogens with zero attached hydrogens (tertiary/aromatic N) is 5. The maximum absolute atomic E-state index is 14.3. The maximum atomic E-state index is 14.3. The van der Waals surface area contributed by atoms with Gasteiger partial charge in [0.2, 0.25) is 11.6 Å². The van der Waals surface area contributed by atoms with Crippen LogP contribution in [0.5, 0.6) is 0 Å². The van der Waals surface area contributed by atoms with Crippen molar-refractivity contribution in [1.29, 1.82) is 0 Å². The lowest BCUT2D eigenvalue weighted by molar-refractivity contribution is 0.0509. The summed E-state index contributed by atoms with van der Waals surface area (Å²) in [7, 11) is 0. The van der Waals surface area contributed by atoms with E-state index in [1.165, 1.54) is 9.08 Å². The van der Waals surface area contributed by atoms with Crippen LogP contribution < -0.4 is 5.56 Å². The lowest BCUT2D eigenvalue weighted by atomic mass is 9.99. The Balaban J connectivity index is 1.73. The van der Waals surface area contributed by atoms with Crippen LogP contribution in [0.2, 0.25) is 5.02 Å². The van der Waals surface area contributed by atoms with Crippen molar-refractivity contribution in [3.05, 3.63) is 111 Å². The fourth-order valence-corrected chi connectivity index (χ4v) is 4.73. The molecule has 3 heterocycles. The van der Waals surface area contributed by atoms with Gasteiger partial charge in [0.05, 0.1) is 23.4 Å². The molecule has 0 N–H and O–H groups in total. The molecule has 8 nitrogen and oxygen atoms in total. The molecule has 0 aliphatic rings. The third kappa shape index (κ3) is 4.42. The Morgan fingerprint density at radius 1 is 0.875 bits per heavy atom. The molecule has 9 heteroatoms. The molecule has 0 fully saturated rings. The van der Waals surface area contributed by atoms with E-state index >= 15 is 0 Å². The first-order valence-electron chi connectivity index (χ1n) is 12.8. The highest BCUT2D eigenvalue weighted by atomic mass is 35.5. The number of ether oxygens (including phenoxy) is 1. The molecule has 0 aliphatic heterocycles. The fraction of sp³-hybridized carbons (Fsp3) is 0.129. The summed E-state index contributed by atoms with van der Waals surface area (Å²) in [6, 6.07) is 24.6. The fourth-order valence-electron chi connectivity index (χ4n) is 4.60. The monoisotopic (exact) mass is 549 g/mol. The summed E-state index contributed by atoms with van der Waals surface area (Å²) >= 11 is 6.10. The van der Waals surface area contributed by atoms with Crippen LogP contribution >= 0.6 is 11.6 Å². The number of halogens is 1. The van der Waals surface area contributed by atoms with E-state index in [0.29, 0.717) is 22.0 Å². The third-order valence-corrected chi connectivity index (χ3v) is 6.91. The van der Waals surface area contributed by atoms with E-state index in [0.717, 1.165) is 22.3 Å². The average Bonchev–Trinajstić information content (AvgIpc) is 3.34. The van der Waals surface area contributed by atoms with E-state index < -0.39 is 11.5 Å². The number of pyridine rings is 1. The van der Waals surface area contributed by atoms with E-state index in [-0.39, 0.29) is 29.2 Å². The molecular weight excluding hydrogens is 526 g/mol. The predicted octanol–water partition coefficient (Wildman–Crippen LogP) is 6.21. The Bertz CT molecular complexity index is 1960. The van der Waals surface area contributed by atoms with Gasteiger partial charge in [-0.1, -0.05) is 71.3 Å². The Morgan fingerprint density at radius 2 is 1.50 bits per heavy atom. The average molecular weight is 550 g/mol. The number of fused-ring (bicyclic) bond motifs is 2. The maximum Gasteiger partial charge on any atom is 0.376 e. The summed E-state index contributed by atoms with van der Waals surface area (Å²) in [6.07, 6.45) is 0. The minimum Gasteiger partial charge on any atom is -0.460 e. The van der Waals surface area contributed by atoms with Crippen LogP contribution in [0.3, 0.4) is 0 Å². The molecule has 0 spiro atoms. The highest BCUT2D eigenvalue weighted by Crippen LogP contribution is 2.31. The van der Waals surface area contributed by atoms with Crippen molar-refractivity contribution in [3.63, 3.8) is 0 Å². The molecule has 3 aromatic heterocycles. The van der Waals surface area contributed by atoms with Gasteiger partial charge in [-0.3, -0.25) is 4.79 Å². The number of benzene rings is 3. The van der Waals surface area contributed by atoms with Gasteiger partial charge in [0, 0.05) is 16.1 Å². The highest BCUT2D eigenvalue weighted by molar-refractivity contribution is 6.30. The summed E-state index contributed by atoms with van der Waals surface area (Å²) in [6.45, 7) is 5.84. The second-order valence-corrected chi connectivity index (χ2v) is 9.91. The van der Waals surface area contributed by atoms with Crippen LogP contribution in [0.1, 0.15) is 28.7 Å². The van der Waals surface area contributed by atoms with Gasteiger partial charge in [-0.05, 0) is 56.7 Å². The van der Waals surface area contributed by atoms with Crippen LogP contribution in [-0.4, -0.2) is 36.7 Å². The molecule has 3 aromatic carbocycles. The molecular formula is C31H24ClN5O3. The van der Waals surface area contributed by atoms with E-state index in [1.54, 1.807) is 31.2 Å². The number of esters is 1. The van der Waals surface area contributed by atoms with Crippen molar-refractivity contribution in [2.75, 3.05) is 6.61 Å². The molecule has 40 heavy (non-hydrogen) atoms. The van der Waals surface area contributed by atoms with Gasteiger partial charge in [-0.25, -0.2) is 14.2 Å². The summed E-state index contributed by atoms with van der Waals surface area (Å²) in [5.41, 5.74) is 5.59. The Morgan fingerprint density at radius 3 is 2.12 bits per heavy atom. The molecule has 6 rings (SSSR count). The van der Waals surface area contributed by atoms with Gasteiger partial charge in [-0.15, -0.1) is 5.10 Å². The molecule has 6 aromatic rings. The van der Waals surface area contributed by atoms with Gasteiger partial charge < -0.3 is 4.74 Å². The number of carbonyl (C=O) groups excluding carboxylic acids is 1. The van der Waals surface area contributed by atoms with Crippen LogP contribution in [0.15, 0.2) is 83.7 Å². The first-order valence-corrected chi connectivity index (χ1v) is 13.2. The van der Waals surface area contributed by atoms with Gasteiger partial charge in [0.1, 0.15) is 0 Å². The van der Waals surface area contributed by atoms with Crippen molar-refractivity contribution in [2.45, 2.75) is 20.8 Å². The Labute approximate surface area is 234 Å². The number of carbonyl (C=O) groups is 1. The van der Waals surface area contributed by atoms with Crippen molar-refractivity contribution < 1.29 is 9.53 Å². The minimum absolute atomic E-state index is 0.125. The number of hydrogen-bond acceptors (Lipinski definition) is 6. The summed E-state index contributed by atoms with van der Waals surface area (Å²) < 4.78 is 7.87. The lowest BCUT2D eigenvalue weighted by Gasteiger charge is -2.11. The molecule has 0 radical (unpaired) electrons. The minimum atomic E-state index is -0.732. The zero-order valence-electron chi connectivity index (χ0n) is 22.1. The zero-order valence-corrected chi connectivity index (χ0v) is 22.8. The van der Waals surface area contributed by atoms with Crippen molar-refractivity contribution >= 4 is 34.4 Å². The van der Waals surface area contributed by atoms with Crippen LogP contribution in [-0.2, 0) is 4.74 Å². The van der Waals surface area contributed by atoms with Crippen LogP contribution in [0.25, 0.3) is 44.9 Å². The quantitative estimate of drug-likeness (QED) is 0.237. The number of aromatic nitrogens is 5. The van der Waals surface area contributed by atoms with Gasteiger partial charge in [-0.2, -0.15) is 9.67 Å².